The van der Waals surface area contributed by atoms with Gasteiger partial charge in [0.2, 0.25) is 5.91 Å². The number of hydrogen-bond acceptors (Lipinski definition) is 7. The average Bonchev–Trinajstić information content (AvgIpc) is 3.41. The van der Waals surface area contributed by atoms with Gasteiger partial charge in [-0.05, 0) is 31.4 Å². The molecule has 37 heavy (non-hydrogen) atoms. The Morgan fingerprint density at radius 1 is 1.05 bits per heavy atom. The van der Waals surface area contributed by atoms with Crippen LogP contribution in [-0.2, 0) is 14.4 Å². The number of rotatable bonds is 4. The Morgan fingerprint density at radius 2 is 1.54 bits per heavy atom. The Bertz CT molecular complexity index is 1030. The van der Waals surface area contributed by atoms with Crippen molar-refractivity contribution in [1.82, 2.24) is 15.6 Å². The van der Waals surface area contributed by atoms with Gasteiger partial charge < -0.3 is 26.0 Å². The number of alkyl halides is 6. The molecule has 0 bridgehead atoms. The van der Waals surface area contributed by atoms with Crippen LogP contribution in [-0.4, -0.2) is 69.2 Å². The van der Waals surface area contributed by atoms with Crippen LogP contribution in [0, 0.1) is 6.92 Å². The zero-order valence-corrected chi connectivity index (χ0v) is 20.0. The zero-order valence-electron chi connectivity index (χ0n) is 19.2. The highest BCUT2D eigenvalue weighted by Gasteiger charge is 2.38. The summed E-state index contributed by atoms with van der Waals surface area (Å²) in [6.07, 6.45) is -10.1. The summed E-state index contributed by atoms with van der Waals surface area (Å²) in [7, 11) is 0. The molecule has 206 valence electrons. The molecule has 2 unspecified atom stereocenters. The van der Waals surface area contributed by atoms with Crippen LogP contribution in [0.15, 0.2) is 29.8 Å². The highest BCUT2D eigenvalue weighted by molar-refractivity contribution is 7.13. The predicted molar refractivity (Wildman–Crippen MR) is 119 cm³/mol. The minimum absolute atomic E-state index is 0.0589. The van der Waals surface area contributed by atoms with E-state index >= 15 is 0 Å². The predicted octanol–water partition coefficient (Wildman–Crippen LogP) is 3.29. The Kier molecular flexibility index (Phi) is 11.5. The molecule has 3 rings (SSSR count). The van der Waals surface area contributed by atoms with Gasteiger partial charge in [0.25, 0.3) is 0 Å². The monoisotopic (exact) mass is 559 g/mol. The number of halogens is 6. The second-order valence-corrected chi connectivity index (χ2v) is 8.43. The van der Waals surface area contributed by atoms with E-state index in [0.29, 0.717) is 13.0 Å². The fraction of sp³-hybridized carbons (Fsp3) is 0.429. The van der Waals surface area contributed by atoms with Gasteiger partial charge in [0.05, 0.1) is 34.3 Å². The molecular formula is C21H23F6N3O6S. The van der Waals surface area contributed by atoms with Crippen molar-refractivity contribution in [3.63, 3.8) is 0 Å². The molecule has 1 aliphatic rings. The van der Waals surface area contributed by atoms with Crippen LogP contribution in [0.25, 0.3) is 10.4 Å². The van der Waals surface area contributed by atoms with Crippen LogP contribution in [0.2, 0.25) is 0 Å². The second kappa shape index (κ2) is 13.3. The number of aliphatic carboxylic acids is 2. The molecule has 2 heterocycles. The van der Waals surface area contributed by atoms with E-state index < -0.39 is 30.4 Å². The molecule has 5 N–H and O–H groups in total. The molecule has 1 fully saturated rings. The van der Waals surface area contributed by atoms with Gasteiger partial charge in [0.1, 0.15) is 0 Å². The molecule has 1 saturated heterocycles. The number of amides is 1. The summed E-state index contributed by atoms with van der Waals surface area (Å²) < 4.78 is 63.5. The number of carboxylic acids is 2. The first-order valence-corrected chi connectivity index (χ1v) is 11.1. The summed E-state index contributed by atoms with van der Waals surface area (Å²) in [6, 6.07) is 7.84. The van der Waals surface area contributed by atoms with Crippen molar-refractivity contribution in [3.05, 3.63) is 41.0 Å². The van der Waals surface area contributed by atoms with E-state index in [1.807, 2.05) is 31.5 Å². The fourth-order valence-corrected chi connectivity index (χ4v) is 3.63. The van der Waals surface area contributed by atoms with Gasteiger partial charge >= 0.3 is 24.3 Å². The highest BCUT2D eigenvalue weighted by Crippen LogP contribution is 2.28. The van der Waals surface area contributed by atoms with Crippen molar-refractivity contribution in [1.29, 1.82) is 0 Å². The number of carbonyl (C=O) groups excluding carboxylic acids is 1. The van der Waals surface area contributed by atoms with E-state index in [1.54, 1.807) is 11.3 Å². The van der Waals surface area contributed by atoms with Gasteiger partial charge in [-0.25, -0.2) is 14.6 Å². The van der Waals surface area contributed by atoms with Gasteiger partial charge in [-0.15, -0.1) is 11.3 Å². The zero-order chi connectivity index (χ0) is 28.6. The number of aromatic nitrogens is 1. The smallest absolute Gasteiger partial charge is 0.475 e. The third-order valence-electron chi connectivity index (χ3n) is 4.69. The lowest BCUT2D eigenvalue weighted by Gasteiger charge is -2.18. The van der Waals surface area contributed by atoms with E-state index in [2.05, 4.69) is 27.8 Å². The van der Waals surface area contributed by atoms with Crippen molar-refractivity contribution in [2.45, 2.75) is 50.8 Å². The van der Waals surface area contributed by atoms with Crippen molar-refractivity contribution >= 4 is 29.2 Å². The van der Waals surface area contributed by atoms with Gasteiger partial charge in [-0.1, -0.05) is 24.3 Å². The quantitative estimate of drug-likeness (QED) is 0.359. The number of nitrogens with one attached hydrogen (secondary N) is 2. The number of aryl methyl sites for hydroxylation is 1. The van der Waals surface area contributed by atoms with Gasteiger partial charge in [-0.2, -0.15) is 26.3 Å². The van der Waals surface area contributed by atoms with Crippen molar-refractivity contribution < 1.29 is 56.0 Å². The SMILES string of the molecule is Cc1ncsc1-c1ccc([C@H](C)NC(=O)C2CC(O)CN2)cc1.O=C(O)C(F)(F)F.O=C(O)C(F)(F)F. The molecule has 1 aromatic heterocycles. The van der Waals surface area contributed by atoms with E-state index in [1.165, 1.54) is 4.88 Å². The van der Waals surface area contributed by atoms with E-state index in [9.17, 15) is 36.2 Å². The largest absolute Gasteiger partial charge is 0.490 e. The molecule has 1 aromatic carbocycles. The number of benzene rings is 1. The van der Waals surface area contributed by atoms with Crippen LogP contribution in [0.3, 0.4) is 0 Å². The first-order chi connectivity index (χ1) is 16.9. The number of aliphatic hydroxyl groups excluding tert-OH is 1. The van der Waals surface area contributed by atoms with E-state index in [4.69, 9.17) is 19.8 Å². The number of carbonyl (C=O) groups is 3. The number of thiazole rings is 1. The average molecular weight is 559 g/mol. The Balaban J connectivity index is 0.000000404. The highest BCUT2D eigenvalue weighted by atomic mass is 32.1. The number of nitrogens with zero attached hydrogens (tertiary/aromatic N) is 1. The molecule has 2 aromatic rings. The van der Waals surface area contributed by atoms with E-state index in [0.717, 1.165) is 16.8 Å². The number of β-amino-alcohol motifs (C(OH)–C–C–N with tert-alkyl or cyclic N) is 1. The maximum atomic E-state index is 12.2. The minimum atomic E-state index is -5.08. The number of hydrogen-bond donors (Lipinski definition) is 5. The first-order valence-electron chi connectivity index (χ1n) is 10.3. The summed E-state index contributed by atoms with van der Waals surface area (Å²) in [6.45, 7) is 4.46. The van der Waals surface area contributed by atoms with Gasteiger partial charge in [0.15, 0.2) is 0 Å². The van der Waals surface area contributed by atoms with Crippen LogP contribution in [0.1, 0.15) is 30.6 Å². The lowest BCUT2D eigenvalue weighted by Crippen LogP contribution is -2.41. The Hall–Kier alpha value is -3.24. The number of carboxylic acid groups (broad SMARTS) is 2. The van der Waals surface area contributed by atoms with Crippen LogP contribution in [0.5, 0.6) is 0 Å². The van der Waals surface area contributed by atoms with Crippen molar-refractivity contribution in [2.24, 2.45) is 0 Å². The Labute approximate surface area is 210 Å². The van der Waals surface area contributed by atoms with Crippen molar-refractivity contribution in [2.75, 3.05) is 6.54 Å². The maximum Gasteiger partial charge on any atom is 0.490 e. The summed E-state index contributed by atoms with van der Waals surface area (Å²) in [5, 5.41) is 29.8. The van der Waals surface area contributed by atoms with Crippen LogP contribution in [0.4, 0.5) is 26.3 Å². The molecule has 1 amide bonds. The van der Waals surface area contributed by atoms with Crippen LogP contribution >= 0.6 is 11.3 Å². The molecule has 0 aliphatic carbocycles. The third kappa shape index (κ3) is 10.7. The third-order valence-corrected chi connectivity index (χ3v) is 5.66. The molecule has 1 aliphatic heterocycles. The summed E-state index contributed by atoms with van der Waals surface area (Å²) >= 11 is 1.63. The van der Waals surface area contributed by atoms with Crippen LogP contribution < -0.4 is 10.6 Å². The second-order valence-electron chi connectivity index (χ2n) is 7.58. The van der Waals surface area contributed by atoms with E-state index in [-0.39, 0.29) is 18.0 Å². The lowest BCUT2D eigenvalue weighted by atomic mass is 10.0. The normalized spacial score (nSPS) is 18.0. The summed E-state index contributed by atoms with van der Waals surface area (Å²) in [4.78, 5) is 35.4. The molecule has 0 spiro atoms. The standard InChI is InChI=1S/C17H21N3O2S.2C2HF3O2/c1-10(20-17(22)15-7-14(21)8-18-15)12-3-5-13(6-4-12)16-11(2)19-9-23-16;2*3-2(4,5)1(6)7/h3-6,9-10,14-15,18,21H,7-8H2,1-2H3,(H,20,22);2*(H,6,7)/t10-,14?,15?;;/m0../s1. The molecular weight excluding hydrogens is 536 g/mol. The number of aliphatic hydroxyl groups is 1. The molecule has 0 saturated carbocycles. The molecule has 3 atom stereocenters. The molecule has 0 radical (unpaired) electrons. The van der Waals surface area contributed by atoms with Gasteiger partial charge in [-0.3, -0.25) is 4.79 Å². The molecule has 16 heteroatoms. The lowest BCUT2D eigenvalue weighted by molar-refractivity contribution is -0.193. The topological polar surface area (TPSA) is 149 Å². The van der Waals surface area contributed by atoms with Gasteiger partial charge in [0, 0.05) is 6.54 Å². The maximum absolute atomic E-state index is 12.2. The molecule has 9 nitrogen and oxygen atoms in total. The first kappa shape index (κ1) is 31.8. The summed E-state index contributed by atoms with van der Waals surface area (Å²) in [5.74, 6) is -5.57. The van der Waals surface area contributed by atoms with Crippen molar-refractivity contribution in [3.8, 4) is 10.4 Å². The Morgan fingerprint density at radius 3 is 1.89 bits per heavy atom. The minimum Gasteiger partial charge on any atom is -0.475 e. The summed E-state index contributed by atoms with van der Waals surface area (Å²) in [5.41, 5.74) is 5.09. The fourth-order valence-electron chi connectivity index (χ4n) is 2.82.